The summed E-state index contributed by atoms with van der Waals surface area (Å²) < 4.78 is 0. The zero-order chi connectivity index (χ0) is 22.4. The summed E-state index contributed by atoms with van der Waals surface area (Å²) in [5.41, 5.74) is 5.92. The van der Waals surface area contributed by atoms with Gasteiger partial charge in [0.2, 0.25) is 0 Å². The molecule has 2 rings (SSSR count). The van der Waals surface area contributed by atoms with E-state index in [0.29, 0.717) is 12.0 Å². The van der Waals surface area contributed by atoms with E-state index in [-0.39, 0.29) is 29.1 Å². The molecule has 1 aliphatic rings. The summed E-state index contributed by atoms with van der Waals surface area (Å²) in [4.78, 5) is 13.2. The molecule has 1 aromatic rings. The van der Waals surface area contributed by atoms with Crippen molar-refractivity contribution in [1.82, 2.24) is 0 Å². The zero-order valence-corrected chi connectivity index (χ0v) is 18.8. The molecule has 1 aromatic carbocycles. The van der Waals surface area contributed by atoms with Crippen LogP contribution in [0, 0.1) is 38.0 Å². The van der Waals surface area contributed by atoms with Crippen molar-refractivity contribution < 1.29 is 9.90 Å². The van der Waals surface area contributed by atoms with E-state index in [2.05, 4.69) is 30.8 Å². The van der Waals surface area contributed by atoms with Crippen molar-refractivity contribution in [3.63, 3.8) is 0 Å². The highest BCUT2D eigenvalue weighted by Gasteiger charge is 2.27. The first-order chi connectivity index (χ1) is 14.1. The van der Waals surface area contributed by atoms with Crippen LogP contribution in [0.2, 0.25) is 0 Å². The van der Waals surface area contributed by atoms with Gasteiger partial charge < -0.3 is 10.4 Å². The maximum atomic E-state index is 13.2. The molecule has 0 fully saturated rings. The third kappa shape index (κ3) is 5.54. The minimum absolute atomic E-state index is 0.0601. The van der Waals surface area contributed by atoms with Gasteiger partial charge in [-0.25, -0.2) is 0 Å². The molecular weight excluding hydrogens is 370 g/mol. The number of anilines is 1. The van der Waals surface area contributed by atoms with Crippen molar-refractivity contribution in [2.24, 2.45) is 11.8 Å². The predicted molar refractivity (Wildman–Crippen MR) is 126 cm³/mol. The largest absolute Gasteiger partial charge is 0.511 e. The average Bonchev–Trinajstić information content (AvgIpc) is 2.65. The molecule has 3 nitrogen and oxygen atoms in total. The Morgan fingerprint density at radius 1 is 1.30 bits per heavy atom. The first-order valence-corrected chi connectivity index (χ1v) is 10.4. The first-order valence-electron chi connectivity index (χ1n) is 10.4. The number of hydrogen-bond donors (Lipinski definition) is 2. The van der Waals surface area contributed by atoms with Gasteiger partial charge in [-0.2, -0.15) is 0 Å². The highest BCUT2D eigenvalue weighted by atomic mass is 16.3. The van der Waals surface area contributed by atoms with E-state index in [9.17, 15) is 9.90 Å². The van der Waals surface area contributed by atoms with Crippen LogP contribution in [0.1, 0.15) is 51.2 Å². The molecule has 2 atom stereocenters. The monoisotopic (exact) mass is 403 g/mol. The number of nitrogens with one attached hydrogen (secondary N) is 1. The van der Waals surface area contributed by atoms with Crippen molar-refractivity contribution in [2.45, 2.75) is 53.9 Å². The Balaban J connectivity index is 2.44. The number of amides is 1. The van der Waals surface area contributed by atoms with Gasteiger partial charge in [0.1, 0.15) is 5.76 Å². The number of aliphatic hydroxyl groups is 1. The van der Waals surface area contributed by atoms with Gasteiger partial charge in [-0.15, -0.1) is 6.42 Å². The van der Waals surface area contributed by atoms with Gasteiger partial charge in [-0.05, 0) is 82.1 Å². The van der Waals surface area contributed by atoms with Gasteiger partial charge in [0.25, 0.3) is 5.91 Å². The van der Waals surface area contributed by atoms with Gasteiger partial charge in [-0.1, -0.05) is 47.9 Å². The fourth-order valence-corrected chi connectivity index (χ4v) is 4.22. The Kier molecular flexibility index (Phi) is 7.89. The number of benzene rings is 1. The van der Waals surface area contributed by atoms with Crippen LogP contribution in [-0.4, -0.2) is 11.0 Å². The lowest BCUT2D eigenvalue weighted by Gasteiger charge is -2.30. The van der Waals surface area contributed by atoms with Crippen molar-refractivity contribution in [3.05, 3.63) is 76.1 Å². The third-order valence-electron chi connectivity index (χ3n) is 5.86. The van der Waals surface area contributed by atoms with Gasteiger partial charge in [0.05, 0.1) is 5.57 Å². The molecule has 0 spiro atoms. The predicted octanol–water partition coefficient (Wildman–Crippen LogP) is 6.57. The van der Waals surface area contributed by atoms with Crippen LogP contribution in [-0.2, 0) is 4.79 Å². The molecule has 0 aliphatic heterocycles. The van der Waals surface area contributed by atoms with E-state index in [1.54, 1.807) is 6.92 Å². The lowest BCUT2D eigenvalue weighted by Crippen LogP contribution is -2.22. The Bertz CT molecular complexity index is 949. The second-order valence-electron chi connectivity index (χ2n) is 8.41. The molecule has 30 heavy (non-hydrogen) atoms. The van der Waals surface area contributed by atoms with Crippen molar-refractivity contribution in [3.8, 4) is 12.3 Å². The molecule has 0 aromatic heterocycles. The standard InChI is InChI=1S/C27H33NO2/c1-8-10-19(5)25(27(30)28-26-20(6)11-9-12-21(26)7)24(29)16-22-15-18(4)13-14-23(22)17(2)3/h1,9-12,15,22-23,29H,2,13-14,16H2,3-7H3,(H,28,30)/b19-10-,25-24-. The van der Waals surface area contributed by atoms with Crippen LogP contribution in [0.5, 0.6) is 0 Å². The highest BCUT2D eigenvalue weighted by Crippen LogP contribution is 2.37. The van der Waals surface area contributed by atoms with E-state index in [1.165, 1.54) is 11.6 Å². The Labute approximate surface area is 181 Å². The van der Waals surface area contributed by atoms with Crippen molar-refractivity contribution >= 4 is 11.6 Å². The molecular formula is C27H33NO2. The fourth-order valence-electron chi connectivity index (χ4n) is 4.22. The summed E-state index contributed by atoms with van der Waals surface area (Å²) >= 11 is 0. The molecule has 0 saturated heterocycles. The number of terminal acetylenes is 1. The second-order valence-corrected chi connectivity index (χ2v) is 8.41. The molecule has 3 heteroatoms. The number of aliphatic hydroxyl groups excluding tert-OH is 1. The third-order valence-corrected chi connectivity index (χ3v) is 5.86. The number of carbonyl (C=O) groups excluding carboxylic acids is 1. The summed E-state index contributed by atoms with van der Waals surface area (Å²) in [5, 5.41) is 14.1. The Hall–Kier alpha value is -2.99. The summed E-state index contributed by atoms with van der Waals surface area (Å²) in [6, 6.07) is 5.85. The molecule has 1 amide bonds. The molecule has 0 bridgehead atoms. The molecule has 1 aliphatic carbocycles. The summed E-state index contributed by atoms with van der Waals surface area (Å²) in [6.07, 6.45) is 11.6. The average molecular weight is 404 g/mol. The number of hydrogen-bond acceptors (Lipinski definition) is 2. The lowest BCUT2D eigenvalue weighted by atomic mass is 9.75. The lowest BCUT2D eigenvalue weighted by molar-refractivity contribution is -0.112. The molecule has 0 radical (unpaired) electrons. The smallest absolute Gasteiger partial charge is 0.259 e. The van der Waals surface area contributed by atoms with Crippen molar-refractivity contribution in [2.75, 3.05) is 5.32 Å². The van der Waals surface area contributed by atoms with E-state index in [4.69, 9.17) is 6.42 Å². The van der Waals surface area contributed by atoms with Gasteiger partial charge in [0, 0.05) is 12.1 Å². The quantitative estimate of drug-likeness (QED) is 0.185. The number of aryl methyl sites for hydroxylation is 2. The first kappa shape index (κ1) is 23.3. The minimum atomic E-state index is -0.350. The number of rotatable bonds is 6. The highest BCUT2D eigenvalue weighted by molar-refractivity contribution is 6.07. The fraction of sp³-hybridized carbons (Fsp3) is 0.370. The van der Waals surface area contributed by atoms with Crippen LogP contribution in [0.15, 0.2) is 65.0 Å². The molecule has 0 heterocycles. The van der Waals surface area contributed by atoms with E-state index >= 15 is 0 Å². The maximum absolute atomic E-state index is 13.2. The van der Waals surface area contributed by atoms with Crippen LogP contribution in [0.4, 0.5) is 5.69 Å². The van der Waals surface area contributed by atoms with Gasteiger partial charge in [-0.3, -0.25) is 4.79 Å². The summed E-state index contributed by atoms with van der Waals surface area (Å²) in [5.74, 6) is 2.58. The number of carbonyl (C=O) groups is 1. The van der Waals surface area contributed by atoms with Crippen molar-refractivity contribution in [1.29, 1.82) is 0 Å². The van der Waals surface area contributed by atoms with Crippen LogP contribution >= 0.6 is 0 Å². The van der Waals surface area contributed by atoms with Crippen LogP contribution < -0.4 is 5.32 Å². The van der Waals surface area contributed by atoms with Gasteiger partial charge in [0.15, 0.2) is 0 Å². The zero-order valence-electron chi connectivity index (χ0n) is 18.8. The SMILES string of the molecule is C#C/C=C(C)\C(C(=O)Nc1c(C)cccc1C)=C(\O)CC1C=C(C)CCC1C(=C)C. The van der Waals surface area contributed by atoms with Crippen LogP contribution in [0.3, 0.4) is 0 Å². The molecule has 2 N–H and O–H groups in total. The number of allylic oxidation sites excluding steroid dienone is 5. The second kappa shape index (κ2) is 10.2. The van der Waals surface area contributed by atoms with E-state index < -0.39 is 0 Å². The number of para-hydroxylation sites is 1. The Morgan fingerprint density at radius 2 is 1.93 bits per heavy atom. The van der Waals surface area contributed by atoms with Gasteiger partial charge >= 0.3 is 0 Å². The molecule has 0 saturated carbocycles. The van der Waals surface area contributed by atoms with E-state index in [0.717, 1.165) is 35.2 Å². The Morgan fingerprint density at radius 3 is 2.50 bits per heavy atom. The topological polar surface area (TPSA) is 49.3 Å². The van der Waals surface area contributed by atoms with Crippen LogP contribution in [0.25, 0.3) is 0 Å². The normalized spacial score (nSPS) is 20.0. The molecule has 2 unspecified atom stereocenters. The molecule has 158 valence electrons. The summed E-state index contributed by atoms with van der Waals surface area (Å²) in [7, 11) is 0. The van der Waals surface area contributed by atoms with E-state index in [1.807, 2.05) is 39.0 Å². The summed E-state index contributed by atoms with van der Waals surface area (Å²) in [6.45, 7) is 13.9. The maximum Gasteiger partial charge on any atom is 0.259 e. The minimum Gasteiger partial charge on any atom is -0.511 e.